The van der Waals surface area contributed by atoms with Crippen LogP contribution in [-0.2, 0) is 12.8 Å². The quantitative estimate of drug-likeness (QED) is 0.0564. The average molecular weight is 687 g/mol. The molecule has 0 unspecified atom stereocenters. The molecule has 1 aliphatic heterocycles. The topological polar surface area (TPSA) is 25.3 Å². The fourth-order valence-electron chi connectivity index (χ4n) is 6.93. The number of aryl methyl sites for hydroxylation is 2. The first-order valence-electron chi connectivity index (χ1n) is 21.3. The number of benzene rings is 2. The molecule has 2 aromatic rings. The van der Waals surface area contributed by atoms with Crippen LogP contribution in [0.5, 0.6) is 0 Å². The fourth-order valence-corrected chi connectivity index (χ4v) is 6.93. The maximum atomic E-state index is 12.0. The van der Waals surface area contributed by atoms with Gasteiger partial charge in [0.2, 0.25) is 11.4 Å². The maximum absolute atomic E-state index is 12.0. The van der Waals surface area contributed by atoms with Gasteiger partial charge in [0.05, 0.1) is 0 Å². The summed E-state index contributed by atoms with van der Waals surface area (Å²) in [6.07, 6.45) is 30.8. The molecule has 0 aromatic heterocycles. The lowest BCUT2D eigenvalue weighted by Crippen LogP contribution is -2.02. The van der Waals surface area contributed by atoms with Crippen molar-refractivity contribution >= 4 is 11.4 Å². The number of rotatable bonds is 25. The zero-order valence-corrected chi connectivity index (χ0v) is 33.2. The first kappa shape index (κ1) is 42.1. The van der Waals surface area contributed by atoms with E-state index in [1.165, 1.54) is 138 Å². The average Bonchev–Trinajstić information content (AvgIpc) is 3.43. The minimum absolute atomic E-state index is 0.761. The van der Waals surface area contributed by atoms with Gasteiger partial charge in [0.25, 0.3) is 0 Å². The van der Waals surface area contributed by atoms with Gasteiger partial charge < -0.3 is 5.53 Å². The summed E-state index contributed by atoms with van der Waals surface area (Å²) >= 11 is 0. The van der Waals surface area contributed by atoms with Crippen LogP contribution in [0.3, 0.4) is 0 Å². The Kier molecular flexibility index (Phi) is 21.8. The van der Waals surface area contributed by atoms with Crippen molar-refractivity contribution in [2.45, 2.75) is 188 Å². The number of hydrogen-bond donors (Lipinski definition) is 0. The first-order valence-corrected chi connectivity index (χ1v) is 21.3. The molecule has 1 aliphatic rings. The van der Waals surface area contributed by atoms with E-state index in [-0.39, 0.29) is 0 Å². The van der Waals surface area contributed by atoms with Gasteiger partial charge in [-0.15, -0.1) is 0 Å². The van der Waals surface area contributed by atoms with Crippen LogP contribution in [-0.4, -0.2) is 4.70 Å². The van der Waals surface area contributed by atoms with Gasteiger partial charge in [0.15, 0.2) is 0 Å². The number of allylic oxidation sites excluding steroid dienone is 2. The Bertz CT molecular complexity index is 1460. The molecule has 276 valence electrons. The standard InChI is InChI=1S/C49H70N2/c1-5-9-13-15-17-19-20-21-23-25-27-29-33-47-46(32-28-26-24-22-18-16-14-10-6-2)48(44-38-34-42(35-39-44)30-11-7-3)51(50)49(47)45-40-36-43(37-41-45)31-12-8-4/h34-41H,5-27,30-31H2,1-4H3. The Morgan fingerprint density at radius 1 is 0.412 bits per heavy atom. The normalized spacial score (nSPS) is 12.7. The molecule has 0 bridgehead atoms. The summed E-state index contributed by atoms with van der Waals surface area (Å²) in [5, 5.41) is 0. The van der Waals surface area contributed by atoms with Gasteiger partial charge in [-0.25, -0.2) is 4.70 Å². The van der Waals surface area contributed by atoms with Crippen LogP contribution in [0.25, 0.3) is 16.9 Å². The van der Waals surface area contributed by atoms with Gasteiger partial charge in [-0.1, -0.05) is 185 Å². The molecule has 0 spiro atoms. The summed E-state index contributed by atoms with van der Waals surface area (Å²) in [4.78, 5) is 0. The van der Waals surface area contributed by atoms with E-state index in [4.69, 9.17) is 0 Å². The summed E-state index contributed by atoms with van der Waals surface area (Å²) in [5.74, 6) is 14.2. The molecule has 1 heterocycles. The highest BCUT2D eigenvalue weighted by molar-refractivity contribution is 5.88. The molecule has 51 heavy (non-hydrogen) atoms. The molecule has 0 fully saturated rings. The van der Waals surface area contributed by atoms with Gasteiger partial charge in [-0.05, 0) is 73.9 Å². The van der Waals surface area contributed by atoms with Crippen LogP contribution in [0, 0.1) is 23.7 Å². The zero-order chi connectivity index (χ0) is 36.4. The predicted octanol–water partition coefficient (Wildman–Crippen LogP) is 15.0. The van der Waals surface area contributed by atoms with Crippen molar-refractivity contribution in [2.75, 3.05) is 0 Å². The Balaban J connectivity index is 1.87. The third-order valence-electron chi connectivity index (χ3n) is 10.2. The highest BCUT2D eigenvalue weighted by Gasteiger charge is 2.35. The van der Waals surface area contributed by atoms with E-state index in [9.17, 15) is 5.53 Å². The largest absolute Gasteiger partial charge is 0.493 e. The molecule has 0 saturated carbocycles. The van der Waals surface area contributed by atoms with Gasteiger partial charge in [0.1, 0.15) is 11.1 Å². The van der Waals surface area contributed by atoms with Crippen LogP contribution in [0.2, 0.25) is 0 Å². The Labute approximate surface area is 314 Å². The van der Waals surface area contributed by atoms with E-state index >= 15 is 0 Å². The molecular weight excluding hydrogens is 617 g/mol. The summed E-state index contributed by atoms with van der Waals surface area (Å²) < 4.78 is 1.39. The highest BCUT2D eigenvalue weighted by Crippen LogP contribution is 2.40. The van der Waals surface area contributed by atoms with E-state index in [1.54, 1.807) is 0 Å². The maximum Gasteiger partial charge on any atom is 0.224 e. The van der Waals surface area contributed by atoms with Gasteiger partial charge in [0, 0.05) is 24.0 Å². The van der Waals surface area contributed by atoms with Gasteiger partial charge >= 0.3 is 0 Å². The summed E-state index contributed by atoms with van der Waals surface area (Å²) in [6.45, 7) is 9.03. The van der Waals surface area contributed by atoms with Crippen LogP contribution in [0.4, 0.5) is 0 Å². The number of hydrogen-bond acceptors (Lipinski definition) is 0. The summed E-state index contributed by atoms with van der Waals surface area (Å²) in [5.41, 5.74) is 19.9. The van der Waals surface area contributed by atoms with Crippen molar-refractivity contribution in [1.82, 2.24) is 0 Å². The monoisotopic (exact) mass is 687 g/mol. The molecule has 2 heteroatoms. The third kappa shape index (κ3) is 15.4. The van der Waals surface area contributed by atoms with E-state index in [0.29, 0.717) is 0 Å². The minimum atomic E-state index is 0.761. The fraction of sp³-hybridized carbons (Fsp3) is 0.592. The van der Waals surface area contributed by atoms with Crippen molar-refractivity contribution in [1.29, 1.82) is 0 Å². The van der Waals surface area contributed by atoms with Crippen molar-refractivity contribution in [3.05, 3.63) is 87.5 Å². The number of unbranched alkanes of at least 4 members (excludes halogenated alkanes) is 19. The molecule has 2 nitrogen and oxygen atoms in total. The molecule has 0 amide bonds. The Morgan fingerprint density at radius 2 is 0.725 bits per heavy atom. The van der Waals surface area contributed by atoms with Gasteiger partial charge in [-0.2, -0.15) is 0 Å². The lowest BCUT2D eigenvalue weighted by Gasteiger charge is -2.10. The molecule has 3 rings (SSSR count). The minimum Gasteiger partial charge on any atom is -0.493 e. The molecule has 0 atom stereocenters. The molecular formula is C49H70N2. The van der Waals surface area contributed by atoms with Crippen LogP contribution in [0.1, 0.15) is 198 Å². The van der Waals surface area contributed by atoms with E-state index < -0.39 is 0 Å². The van der Waals surface area contributed by atoms with Crippen LogP contribution >= 0.6 is 0 Å². The highest BCUT2D eigenvalue weighted by atomic mass is 15.2. The summed E-state index contributed by atoms with van der Waals surface area (Å²) in [6, 6.07) is 17.5. The lowest BCUT2D eigenvalue weighted by atomic mass is 9.98. The van der Waals surface area contributed by atoms with Crippen molar-refractivity contribution in [3.63, 3.8) is 0 Å². The SMILES string of the molecule is CCCCCCCCCC#CC1=C(c2ccc(CCCC)cc2)[N+](=[N-])C(c2ccc(CCCC)cc2)=C1C#CCCCCCCCCCCCC. The Morgan fingerprint density at radius 3 is 1.06 bits per heavy atom. The van der Waals surface area contributed by atoms with E-state index in [1.807, 2.05) is 0 Å². The molecule has 0 radical (unpaired) electrons. The zero-order valence-electron chi connectivity index (χ0n) is 33.2. The van der Waals surface area contributed by atoms with Crippen LogP contribution in [0.15, 0.2) is 59.7 Å². The summed E-state index contributed by atoms with van der Waals surface area (Å²) in [7, 11) is 0. The van der Waals surface area contributed by atoms with Gasteiger partial charge in [-0.3, -0.25) is 0 Å². The van der Waals surface area contributed by atoms with E-state index in [2.05, 4.69) is 99.9 Å². The Hall–Kier alpha value is -3.36. The second-order valence-electron chi connectivity index (χ2n) is 14.8. The first-order chi connectivity index (χ1) is 25.1. The third-order valence-corrected chi connectivity index (χ3v) is 10.2. The predicted molar refractivity (Wildman–Crippen MR) is 222 cm³/mol. The van der Waals surface area contributed by atoms with Crippen molar-refractivity contribution < 1.29 is 4.70 Å². The molecule has 0 aliphatic carbocycles. The van der Waals surface area contributed by atoms with Crippen molar-refractivity contribution in [2.24, 2.45) is 0 Å². The molecule has 0 saturated heterocycles. The number of nitrogens with zero attached hydrogens (tertiary/aromatic N) is 2. The van der Waals surface area contributed by atoms with Crippen LogP contribution < -0.4 is 0 Å². The lowest BCUT2D eigenvalue weighted by molar-refractivity contribution is -0.344. The molecule has 2 aromatic carbocycles. The smallest absolute Gasteiger partial charge is 0.224 e. The second kappa shape index (κ2) is 26.4. The second-order valence-corrected chi connectivity index (χ2v) is 14.8. The van der Waals surface area contributed by atoms with E-state index in [0.717, 1.165) is 72.2 Å². The van der Waals surface area contributed by atoms with Crippen molar-refractivity contribution in [3.8, 4) is 23.7 Å². The molecule has 0 N–H and O–H groups in total.